The lowest BCUT2D eigenvalue weighted by molar-refractivity contribution is -0.143. The van der Waals surface area contributed by atoms with Gasteiger partial charge in [-0.3, -0.25) is 24.1 Å². The number of anilines is 1. The highest BCUT2D eigenvalue weighted by Crippen LogP contribution is 2.28. The molecule has 0 bridgehead atoms. The fourth-order valence-corrected chi connectivity index (χ4v) is 4.78. The molecule has 1 aromatic heterocycles. The maximum Gasteiger partial charge on any atom is 0.326 e. The molecular formula is C24H23N3O6S. The summed E-state index contributed by atoms with van der Waals surface area (Å²) in [5.41, 5.74) is 1.20. The molecular weight excluding hydrogens is 458 g/mol. The molecule has 0 atom stereocenters. The predicted octanol–water partition coefficient (Wildman–Crippen LogP) is 3.06. The molecule has 0 radical (unpaired) electrons. The first-order valence-corrected chi connectivity index (χ1v) is 11.7. The molecule has 176 valence electrons. The van der Waals surface area contributed by atoms with E-state index in [1.54, 1.807) is 35.8 Å². The normalized spacial score (nSPS) is 14.2. The van der Waals surface area contributed by atoms with E-state index in [4.69, 9.17) is 9.47 Å². The summed E-state index contributed by atoms with van der Waals surface area (Å²) < 4.78 is 13.2. The molecule has 1 saturated heterocycles. The Morgan fingerprint density at radius 2 is 1.76 bits per heavy atom. The Hall–Kier alpha value is -3.79. The Morgan fingerprint density at radius 1 is 1.03 bits per heavy atom. The van der Waals surface area contributed by atoms with E-state index in [9.17, 15) is 19.2 Å². The summed E-state index contributed by atoms with van der Waals surface area (Å²) in [6.07, 6.45) is 0.304. The quantitative estimate of drug-likeness (QED) is 0.379. The highest BCUT2D eigenvalue weighted by Gasteiger charge is 2.30. The minimum atomic E-state index is -0.567. The van der Waals surface area contributed by atoms with Crippen molar-refractivity contribution in [1.29, 1.82) is 0 Å². The zero-order valence-corrected chi connectivity index (χ0v) is 19.6. The van der Waals surface area contributed by atoms with Crippen LogP contribution in [0.15, 0.2) is 47.5 Å². The van der Waals surface area contributed by atoms with Crippen LogP contribution in [-0.2, 0) is 25.7 Å². The van der Waals surface area contributed by atoms with Gasteiger partial charge in [0.2, 0.25) is 11.8 Å². The van der Waals surface area contributed by atoms with Crippen LogP contribution < -0.4 is 14.4 Å². The molecule has 0 saturated carbocycles. The molecule has 10 heteroatoms. The molecule has 0 aliphatic carbocycles. The summed E-state index contributed by atoms with van der Waals surface area (Å²) in [6.45, 7) is 4.10. The highest BCUT2D eigenvalue weighted by molar-refractivity contribution is 7.16. The minimum Gasteiger partial charge on any atom is -0.492 e. The van der Waals surface area contributed by atoms with Crippen molar-refractivity contribution >= 4 is 50.9 Å². The number of nitrogens with zero attached hydrogens (tertiary/aromatic N) is 3. The summed E-state index contributed by atoms with van der Waals surface area (Å²) in [5.74, 6) is -1.06. The van der Waals surface area contributed by atoms with Crippen molar-refractivity contribution in [2.75, 3.05) is 18.1 Å². The standard InChI is InChI=1S/C24H23N3O6S/c1-3-32-17-9-6-10-18-22(17)26(14-21(30)33-4-2)24(34-18)25-23(31)15-7-5-8-16(13-15)27-19(28)11-12-20(27)29/h5-10,13H,3-4,11-12,14H2,1-2H3. The van der Waals surface area contributed by atoms with Gasteiger partial charge in [0.05, 0.1) is 23.6 Å². The number of hydrogen-bond acceptors (Lipinski definition) is 7. The van der Waals surface area contributed by atoms with E-state index in [-0.39, 0.29) is 43.4 Å². The summed E-state index contributed by atoms with van der Waals surface area (Å²) in [6, 6.07) is 11.7. The maximum atomic E-state index is 13.1. The van der Waals surface area contributed by atoms with Crippen molar-refractivity contribution in [3.8, 4) is 5.75 Å². The maximum absolute atomic E-state index is 13.1. The number of para-hydroxylation sites is 1. The third-order valence-corrected chi connectivity index (χ3v) is 6.20. The number of rotatable bonds is 7. The Kier molecular flexibility index (Phi) is 6.87. The van der Waals surface area contributed by atoms with Gasteiger partial charge >= 0.3 is 5.97 Å². The molecule has 1 aliphatic heterocycles. The number of carbonyl (C=O) groups is 4. The first-order valence-electron chi connectivity index (χ1n) is 10.9. The van der Waals surface area contributed by atoms with Gasteiger partial charge in [0.1, 0.15) is 17.8 Å². The van der Waals surface area contributed by atoms with Crippen LogP contribution in [0.5, 0.6) is 5.75 Å². The second-order valence-corrected chi connectivity index (χ2v) is 8.41. The predicted molar refractivity (Wildman–Crippen MR) is 126 cm³/mol. The lowest BCUT2D eigenvalue weighted by Crippen LogP contribution is -2.28. The van der Waals surface area contributed by atoms with Crippen molar-refractivity contribution in [3.63, 3.8) is 0 Å². The van der Waals surface area contributed by atoms with Crippen LogP contribution in [0.1, 0.15) is 37.0 Å². The Morgan fingerprint density at radius 3 is 2.47 bits per heavy atom. The zero-order chi connectivity index (χ0) is 24.2. The number of aromatic nitrogens is 1. The number of imide groups is 1. The number of fused-ring (bicyclic) bond motifs is 1. The molecule has 0 unspecified atom stereocenters. The molecule has 9 nitrogen and oxygen atoms in total. The van der Waals surface area contributed by atoms with Crippen molar-refractivity contribution in [2.24, 2.45) is 4.99 Å². The topological polar surface area (TPSA) is 107 Å². The molecule has 1 fully saturated rings. The zero-order valence-electron chi connectivity index (χ0n) is 18.8. The first-order chi connectivity index (χ1) is 16.4. The number of ether oxygens (including phenoxy) is 2. The number of benzene rings is 2. The average Bonchev–Trinajstić information content (AvgIpc) is 3.33. The van der Waals surface area contributed by atoms with E-state index in [1.165, 1.54) is 17.4 Å². The van der Waals surface area contributed by atoms with Gasteiger partial charge in [-0.1, -0.05) is 23.5 Å². The number of carbonyl (C=O) groups excluding carboxylic acids is 4. The summed E-state index contributed by atoms with van der Waals surface area (Å²) >= 11 is 1.25. The van der Waals surface area contributed by atoms with Crippen LogP contribution in [0.4, 0.5) is 5.69 Å². The van der Waals surface area contributed by atoms with E-state index < -0.39 is 11.9 Å². The van der Waals surface area contributed by atoms with Gasteiger partial charge in [-0.2, -0.15) is 4.99 Å². The van der Waals surface area contributed by atoms with Gasteiger partial charge in [0, 0.05) is 18.4 Å². The van der Waals surface area contributed by atoms with Crippen LogP contribution in [0.25, 0.3) is 10.2 Å². The van der Waals surface area contributed by atoms with Crippen LogP contribution in [0.2, 0.25) is 0 Å². The number of hydrogen-bond donors (Lipinski definition) is 0. The second-order valence-electron chi connectivity index (χ2n) is 7.40. The molecule has 3 amide bonds. The molecule has 2 aromatic carbocycles. The Bertz CT molecular complexity index is 1340. The number of amides is 3. The van der Waals surface area contributed by atoms with Gasteiger partial charge in [-0.05, 0) is 44.2 Å². The Balaban J connectivity index is 1.78. The highest BCUT2D eigenvalue weighted by atomic mass is 32.1. The molecule has 4 rings (SSSR count). The third kappa shape index (κ3) is 4.62. The van der Waals surface area contributed by atoms with Crippen LogP contribution in [-0.4, -0.2) is 41.5 Å². The summed E-state index contributed by atoms with van der Waals surface area (Å²) in [7, 11) is 0. The van der Waals surface area contributed by atoms with Crippen molar-refractivity contribution in [3.05, 3.63) is 52.8 Å². The SMILES string of the molecule is CCOC(=O)Cn1c(=NC(=O)c2cccc(N3C(=O)CCC3=O)c2)sc2cccc(OCC)c21. The minimum absolute atomic E-state index is 0.138. The largest absolute Gasteiger partial charge is 0.492 e. The van der Waals surface area contributed by atoms with E-state index in [2.05, 4.69) is 4.99 Å². The fraction of sp³-hybridized carbons (Fsp3) is 0.292. The van der Waals surface area contributed by atoms with Crippen molar-refractivity contribution in [1.82, 2.24) is 4.57 Å². The van der Waals surface area contributed by atoms with Gasteiger partial charge in [0.25, 0.3) is 5.91 Å². The van der Waals surface area contributed by atoms with E-state index in [1.807, 2.05) is 19.1 Å². The van der Waals surface area contributed by atoms with Crippen LogP contribution in [0.3, 0.4) is 0 Å². The summed E-state index contributed by atoms with van der Waals surface area (Å²) in [4.78, 5) is 55.2. The van der Waals surface area contributed by atoms with Crippen molar-refractivity contribution in [2.45, 2.75) is 33.2 Å². The van der Waals surface area contributed by atoms with Crippen molar-refractivity contribution < 1.29 is 28.7 Å². The van der Waals surface area contributed by atoms with E-state index in [0.29, 0.717) is 28.4 Å². The van der Waals surface area contributed by atoms with Gasteiger partial charge < -0.3 is 14.0 Å². The molecule has 1 aliphatic rings. The lowest BCUT2D eigenvalue weighted by Gasteiger charge is -2.14. The van der Waals surface area contributed by atoms with E-state index in [0.717, 1.165) is 9.60 Å². The lowest BCUT2D eigenvalue weighted by atomic mass is 10.2. The van der Waals surface area contributed by atoms with Crippen LogP contribution in [0, 0.1) is 0 Å². The fourth-order valence-electron chi connectivity index (χ4n) is 3.73. The van der Waals surface area contributed by atoms with Crippen LogP contribution >= 0.6 is 11.3 Å². The van der Waals surface area contributed by atoms with Gasteiger partial charge in [-0.15, -0.1) is 0 Å². The Labute approximate surface area is 199 Å². The molecule has 0 spiro atoms. The number of thiazole rings is 1. The van der Waals surface area contributed by atoms with Gasteiger partial charge in [-0.25, -0.2) is 0 Å². The molecule has 3 aromatic rings. The third-order valence-electron chi connectivity index (χ3n) is 5.16. The molecule has 34 heavy (non-hydrogen) atoms. The van der Waals surface area contributed by atoms with E-state index >= 15 is 0 Å². The summed E-state index contributed by atoms with van der Waals surface area (Å²) in [5, 5.41) is 0. The average molecular weight is 482 g/mol. The molecule has 0 N–H and O–H groups in total. The first kappa shape index (κ1) is 23.4. The van der Waals surface area contributed by atoms with Gasteiger partial charge in [0.15, 0.2) is 4.80 Å². The monoisotopic (exact) mass is 481 g/mol. The second kappa shape index (κ2) is 10.0. The smallest absolute Gasteiger partial charge is 0.326 e. The number of esters is 1. The molecule has 2 heterocycles.